The lowest BCUT2D eigenvalue weighted by atomic mass is 10.2. The number of benzene rings is 1. The van der Waals surface area contributed by atoms with Crippen molar-refractivity contribution >= 4 is 17.3 Å². The van der Waals surface area contributed by atoms with Gasteiger partial charge in [-0.15, -0.1) is 0 Å². The molecule has 2 aliphatic rings. The SMILES string of the molecule is Cc1n[nH]c(C)c1N1CCN(CC(=O)N2CCN(c3ccccc3)CC2)CC1. The molecule has 150 valence electrons. The van der Waals surface area contributed by atoms with Gasteiger partial charge in [0.2, 0.25) is 5.91 Å². The molecule has 0 saturated carbocycles. The smallest absolute Gasteiger partial charge is 0.236 e. The molecule has 0 unspecified atom stereocenters. The van der Waals surface area contributed by atoms with Gasteiger partial charge in [0.25, 0.3) is 0 Å². The van der Waals surface area contributed by atoms with Gasteiger partial charge in [0.15, 0.2) is 0 Å². The molecule has 2 saturated heterocycles. The lowest BCUT2D eigenvalue weighted by Gasteiger charge is -2.39. The van der Waals surface area contributed by atoms with Crippen LogP contribution in [0.1, 0.15) is 11.4 Å². The van der Waals surface area contributed by atoms with Crippen LogP contribution < -0.4 is 9.80 Å². The zero-order valence-electron chi connectivity index (χ0n) is 16.9. The Morgan fingerprint density at radius 2 is 1.57 bits per heavy atom. The lowest BCUT2D eigenvalue weighted by Crippen LogP contribution is -2.54. The third kappa shape index (κ3) is 3.99. The van der Waals surface area contributed by atoms with Crippen LogP contribution >= 0.6 is 0 Å². The highest BCUT2D eigenvalue weighted by molar-refractivity contribution is 5.78. The van der Waals surface area contributed by atoms with Crippen molar-refractivity contribution in [3.8, 4) is 0 Å². The van der Waals surface area contributed by atoms with E-state index in [1.54, 1.807) is 0 Å². The fourth-order valence-corrected chi connectivity index (χ4v) is 4.28. The largest absolute Gasteiger partial charge is 0.368 e. The van der Waals surface area contributed by atoms with Crippen LogP contribution in [0.15, 0.2) is 30.3 Å². The first kappa shape index (κ1) is 18.8. The summed E-state index contributed by atoms with van der Waals surface area (Å²) in [6.45, 7) is 11.8. The van der Waals surface area contributed by atoms with Gasteiger partial charge in [0, 0.05) is 58.0 Å². The number of H-pyrrole nitrogens is 1. The van der Waals surface area contributed by atoms with Gasteiger partial charge in [-0.05, 0) is 26.0 Å². The summed E-state index contributed by atoms with van der Waals surface area (Å²) in [7, 11) is 0. The number of amides is 1. The van der Waals surface area contributed by atoms with Crippen molar-refractivity contribution in [2.45, 2.75) is 13.8 Å². The van der Waals surface area contributed by atoms with Crippen LogP contribution in [0.3, 0.4) is 0 Å². The minimum atomic E-state index is 0.261. The second-order valence-corrected chi connectivity index (χ2v) is 7.75. The molecule has 28 heavy (non-hydrogen) atoms. The zero-order valence-corrected chi connectivity index (χ0v) is 16.9. The summed E-state index contributed by atoms with van der Waals surface area (Å²) >= 11 is 0. The van der Waals surface area contributed by atoms with E-state index in [-0.39, 0.29) is 5.91 Å². The van der Waals surface area contributed by atoms with Gasteiger partial charge in [-0.1, -0.05) is 18.2 Å². The number of aromatic nitrogens is 2. The van der Waals surface area contributed by atoms with Gasteiger partial charge in [0.1, 0.15) is 0 Å². The van der Waals surface area contributed by atoms with E-state index < -0.39 is 0 Å². The number of nitrogens with zero attached hydrogens (tertiary/aromatic N) is 5. The number of hydrogen-bond donors (Lipinski definition) is 1. The van der Waals surface area contributed by atoms with Gasteiger partial charge < -0.3 is 14.7 Å². The minimum absolute atomic E-state index is 0.261. The average Bonchev–Trinajstić information content (AvgIpc) is 3.07. The molecule has 2 aromatic rings. The number of aryl methyl sites for hydroxylation is 2. The normalized spacial score (nSPS) is 18.6. The Morgan fingerprint density at radius 3 is 2.18 bits per heavy atom. The second kappa shape index (κ2) is 8.22. The Kier molecular flexibility index (Phi) is 5.52. The first-order valence-electron chi connectivity index (χ1n) is 10.2. The highest BCUT2D eigenvalue weighted by atomic mass is 16.2. The van der Waals surface area contributed by atoms with Crippen molar-refractivity contribution in [2.75, 3.05) is 68.7 Å². The lowest BCUT2D eigenvalue weighted by molar-refractivity contribution is -0.132. The number of carbonyl (C=O) groups excluding carboxylic acids is 1. The highest BCUT2D eigenvalue weighted by Gasteiger charge is 2.26. The van der Waals surface area contributed by atoms with E-state index in [0.29, 0.717) is 6.54 Å². The third-order valence-electron chi connectivity index (χ3n) is 5.89. The second-order valence-electron chi connectivity index (χ2n) is 7.75. The van der Waals surface area contributed by atoms with Gasteiger partial charge in [-0.25, -0.2) is 0 Å². The molecular weight excluding hydrogens is 352 g/mol. The first-order chi connectivity index (χ1) is 13.6. The topological polar surface area (TPSA) is 58.7 Å². The van der Waals surface area contributed by atoms with Crippen LogP contribution in [-0.4, -0.2) is 84.8 Å². The Morgan fingerprint density at radius 1 is 0.929 bits per heavy atom. The van der Waals surface area contributed by atoms with Crippen molar-refractivity contribution in [1.29, 1.82) is 0 Å². The fourth-order valence-electron chi connectivity index (χ4n) is 4.28. The van der Waals surface area contributed by atoms with E-state index in [1.165, 1.54) is 11.4 Å². The maximum atomic E-state index is 12.8. The molecule has 3 heterocycles. The molecule has 4 rings (SSSR count). The monoisotopic (exact) mass is 382 g/mol. The van der Waals surface area contributed by atoms with E-state index in [0.717, 1.165) is 63.7 Å². The Labute approximate surface area is 166 Å². The van der Waals surface area contributed by atoms with Gasteiger partial charge >= 0.3 is 0 Å². The Hall–Kier alpha value is -2.54. The molecule has 0 aliphatic carbocycles. The van der Waals surface area contributed by atoms with Crippen molar-refractivity contribution < 1.29 is 4.79 Å². The minimum Gasteiger partial charge on any atom is -0.368 e. The van der Waals surface area contributed by atoms with E-state index >= 15 is 0 Å². The number of hydrogen-bond acceptors (Lipinski definition) is 5. The van der Waals surface area contributed by atoms with Crippen LogP contribution in [0.4, 0.5) is 11.4 Å². The fraction of sp³-hybridized carbons (Fsp3) is 0.524. The predicted molar refractivity (Wildman–Crippen MR) is 112 cm³/mol. The van der Waals surface area contributed by atoms with Crippen molar-refractivity contribution in [2.24, 2.45) is 0 Å². The van der Waals surface area contributed by atoms with Crippen molar-refractivity contribution in [3.05, 3.63) is 41.7 Å². The maximum absolute atomic E-state index is 12.8. The van der Waals surface area contributed by atoms with Crippen molar-refractivity contribution in [3.63, 3.8) is 0 Å². The summed E-state index contributed by atoms with van der Waals surface area (Å²) in [6.07, 6.45) is 0. The molecule has 7 nitrogen and oxygen atoms in total. The number of nitrogens with one attached hydrogen (secondary N) is 1. The third-order valence-corrected chi connectivity index (χ3v) is 5.89. The summed E-state index contributed by atoms with van der Waals surface area (Å²) in [6, 6.07) is 10.5. The molecule has 0 radical (unpaired) electrons. The van der Waals surface area contributed by atoms with Crippen LogP contribution in [0, 0.1) is 13.8 Å². The summed E-state index contributed by atoms with van der Waals surface area (Å²) in [5.41, 5.74) is 4.65. The number of anilines is 2. The number of aromatic amines is 1. The summed E-state index contributed by atoms with van der Waals surface area (Å²) in [4.78, 5) is 21.8. The summed E-state index contributed by atoms with van der Waals surface area (Å²) in [5, 5.41) is 7.37. The summed E-state index contributed by atoms with van der Waals surface area (Å²) in [5.74, 6) is 0.261. The number of piperazine rings is 2. The molecule has 2 fully saturated rings. The van der Waals surface area contributed by atoms with E-state index in [1.807, 2.05) is 17.9 Å². The van der Waals surface area contributed by atoms with Gasteiger partial charge in [0.05, 0.1) is 23.6 Å². The molecule has 1 amide bonds. The zero-order chi connectivity index (χ0) is 19.5. The predicted octanol–water partition coefficient (Wildman–Crippen LogP) is 1.50. The maximum Gasteiger partial charge on any atom is 0.236 e. The standard InChI is InChI=1S/C21H30N6O/c1-17-21(18(2)23-22-17)27-10-8-24(9-11-27)16-20(28)26-14-12-25(13-15-26)19-6-4-3-5-7-19/h3-7H,8-16H2,1-2H3,(H,22,23). The molecule has 2 aliphatic heterocycles. The van der Waals surface area contributed by atoms with E-state index in [9.17, 15) is 4.79 Å². The van der Waals surface area contributed by atoms with Crippen LogP contribution in [0.2, 0.25) is 0 Å². The molecular formula is C21H30N6O. The molecule has 0 spiro atoms. The van der Waals surface area contributed by atoms with Gasteiger partial charge in [-0.3, -0.25) is 14.8 Å². The number of carbonyl (C=O) groups is 1. The van der Waals surface area contributed by atoms with Crippen LogP contribution in [0.25, 0.3) is 0 Å². The van der Waals surface area contributed by atoms with Crippen molar-refractivity contribution in [1.82, 2.24) is 20.0 Å². The first-order valence-corrected chi connectivity index (χ1v) is 10.2. The average molecular weight is 383 g/mol. The van der Waals surface area contributed by atoms with Gasteiger partial charge in [-0.2, -0.15) is 5.10 Å². The Bertz CT molecular complexity index is 769. The quantitative estimate of drug-likeness (QED) is 0.868. The van der Waals surface area contributed by atoms with Crippen LogP contribution in [-0.2, 0) is 4.79 Å². The number of rotatable bonds is 4. The number of para-hydroxylation sites is 1. The molecule has 1 aromatic heterocycles. The van der Waals surface area contributed by atoms with E-state index in [4.69, 9.17) is 0 Å². The molecule has 7 heteroatoms. The molecule has 1 N–H and O–H groups in total. The Balaban J connectivity index is 1.24. The van der Waals surface area contributed by atoms with Crippen LogP contribution in [0.5, 0.6) is 0 Å². The summed E-state index contributed by atoms with van der Waals surface area (Å²) < 4.78 is 0. The molecule has 0 bridgehead atoms. The van der Waals surface area contributed by atoms with E-state index in [2.05, 4.69) is 56.1 Å². The highest BCUT2D eigenvalue weighted by Crippen LogP contribution is 2.23. The molecule has 1 aromatic carbocycles. The molecule has 0 atom stereocenters.